The third-order valence-corrected chi connectivity index (χ3v) is 4.12. The van der Waals surface area contributed by atoms with Gasteiger partial charge in [-0.2, -0.15) is 0 Å². The van der Waals surface area contributed by atoms with Crippen molar-refractivity contribution in [2.45, 2.75) is 6.92 Å². The second kappa shape index (κ2) is 7.52. The molecule has 5 nitrogen and oxygen atoms in total. The van der Waals surface area contributed by atoms with Gasteiger partial charge in [-0.3, -0.25) is 4.79 Å². The molecule has 0 aliphatic carbocycles. The molecule has 1 aromatic heterocycles. The Labute approximate surface area is 160 Å². The lowest BCUT2D eigenvalue weighted by atomic mass is 10.2. The predicted molar refractivity (Wildman–Crippen MR) is 105 cm³/mol. The minimum absolute atomic E-state index is 0.255. The Kier molecular flexibility index (Phi) is 4.76. The normalized spacial score (nSPS) is 10.8. The molecule has 0 aliphatic rings. The number of carbonyl (C=O) groups excluding carboxylic acids is 1. The fourth-order valence-corrected chi connectivity index (χ4v) is 2.85. The number of rotatable bonds is 5. The number of hydrogen-bond acceptors (Lipinski definition) is 4. The molecule has 1 heterocycles. The van der Waals surface area contributed by atoms with Gasteiger partial charge in [-0.25, -0.2) is 9.37 Å². The van der Waals surface area contributed by atoms with Crippen LogP contribution in [0, 0.1) is 5.82 Å². The monoisotopic (exact) mass is 376 g/mol. The molecule has 6 heteroatoms. The third kappa shape index (κ3) is 3.71. The highest BCUT2D eigenvalue weighted by Gasteiger charge is 2.12. The quantitative estimate of drug-likeness (QED) is 0.514. The molecule has 0 unspecified atom stereocenters. The molecule has 1 amide bonds. The van der Waals surface area contributed by atoms with Crippen LogP contribution in [0.15, 0.2) is 71.1 Å². The SMILES string of the molecule is CCOc1cccc(C(=O)Nc2ccc3oc(-c4cccc(F)c4)nc3c2)c1. The summed E-state index contributed by atoms with van der Waals surface area (Å²) in [5.74, 6) is 0.348. The van der Waals surface area contributed by atoms with Gasteiger partial charge in [0.05, 0.1) is 6.61 Å². The van der Waals surface area contributed by atoms with Crippen molar-refractivity contribution in [3.05, 3.63) is 78.1 Å². The molecule has 0 aliphatic heterocycles. The van der Waals surface area contributed by atoms with E-state index in [1.807, 2.05) is 6.92 Å². The zero-order valence-electron chi connectivity index (χ0n) is 15.1. The maximum atomic E-state index is 13.4. The lowest BCUT2D eigenvalue weighted by molar-refractivity contribution is 0.102. The molecule has 4 rings (SSSR count). The third-order valence-electron chi connectivity index (χ3n) is 4.12. The second-order valence-electron chi connectivity index (χ2n) is 6.13. The van der Waals surface area contributed by atoms with Gasteiger partial charge in [0, 0.05) is 16.8 Å². The number of hydrogen-bond donors (Lipinski definition) is 1. The van der Waals surface area contributed by atoms with Gasteiger partial charge in [-0.15, -0.1) is 0 Å². The van der Waals surface area contributed by atoms with E-state index in [1.165, 1.54) is 12.1 Å². The van der Waals surface area contributed by atoms with E-state index in [-0.39, 0.29) is 11.7 Å². The molecule has 0 radical (unpaired) electrons. The maximum absolute atomic E-state index is 13.4. The van der Waals surface area contributed by atoms with E-state index in [2.05, 4.69) is 10.3 Å². The zero-order valence-corrected chi connectivity index (χ0v) is 15.1. The number of anilines is 1. The number of nitrogens with zero attached hydrogens (tertiary/aromatic N) is 1. The summed E-state index contributed by atoms with van der Waals surface area (Å²) in [4.78, 5) is 16.9. The molecule has 1 N–H and O–H groups in total. The van der Waals surface area contributed by atoms with Crippen LogP contribution in [0.25, 0.3) is 22.6 Å². The summed E-state index contributed by atoms with van der Waals surface area (Å²) in [5, 5.41) is 2.84. The van der Waals surface area contributed by atoms with Crippen LogP contribution in [0.1, 0.15) is 17.3 Å². The van der Waals surface area contributed by atoms with Gasteiger partial charge in [0.1, 0.15) is 17.1 Å². The average molecular weight is 376 g/mol. The molecule has 0 saturated heterocycles. The average Bonchev–Trinajstić information content (AvgIpc) is 3.12. The molecular formula is C22H17FN2O3. The number of benzene rings is 3. The van der Waals surface area contributed by atoms with Crippen LogP contribution in [0.4, 0.5) is 10.1 Å². The van der Waals surface area contributed by atoms with Gasteiger partial charge >= 0.3 is 0 Å². The first kappa shape index (κ1) is 17.7. The molecule has 4 aromatic rings. The van der Waals surface area contributed by atoms with Crippen molar-refractivity contribution in [3.8, 4) is 17.2 Å². The van der Waals surface area contributed by atoms with Crippen molar-refractivity contribution in [2.24, 2.45) is 0 Å². The van der Waals surface area contributed by atoms with Gasteiger partial charge < -0.3 is 14.5 Å². The van der Waals surface area contributed by atoms with Crippen molar-refractivity contribution in [1.29, 1.82) is 0 Å². The number of aromatic nitrogens is 1. The summed E-state index contributed by atoms with van der Waals surface area (Å²) in [6.07, 6.45) is 0. The second-order valence-corrected chi connectivity index (χ2v) is 6.13. The minimum atomic E-state index is -0.359. The summed E-state index contributed by atoms with van der Waals surface area (Å²) in [7, 11) is 0. The molecule has 0 spiro atoms. The van der Waals surface area contributed by atoms with Crippen molar-refractivity contribution < 1.29 is 18.3 Å². The number of carbonyl (C=O) groups is 1. The largest absolute Gasteiger partial charge is 0.494 e. The Morgan fingerprint density at radius 1 is 1.11 bits per heavy atom. The lowest BCUT2D eigenvalue weighted by Gasteiger charge is -2.07. The van der Waals surface area contributed by atoms with Crippen LogP contribution in [-0.4, -0.2) is 17.5 Å². The Morgan fingerprint density at radius 3 is 2.79 bits per heavy atom. The van der Waals surface area contributed by atoms with Crippen molar-refractivity contribution >= 4 is 22.7 Å². The first-order valence-electron chi connectivity index (χ1n) is 8.83. The van der Waals surface area contributed by atoms with Crippen LogP contribution in [-0.2, 0) is 0 Å². The summed E-state index contributed by atoms with van der Waals surface area (Å²) < 4.78 is 24.5. The standard InChI is InChI=1S/C22H17FN2O3/c1-2-27-18-8-4-5-14(12-18)21(26)24-17-9-10-20-19(13-17)25-22(28-20)15-6-3-7-16(23)11-15/h3-13H,2H2,1H3,(H,24,26). The van der Waals surface area contributed by atoms with E-state index in [1.54, 1.807) is 54.6 Å². The van der Waals surface area contributed by atoms with Crippen molar-refractivity contribution in [3.63, 3.8) is 0 Å². The number of amides is 1. The van der Waals surface area contributed by atoms with Gasteiger partial charge in [0.25, 0.3) is 5.91 Å². The number of ether oxygens (including phenoxy) is 1. The zero-order chi connectivity index (χ0) is 19.5. The summed E-state index contributed by atoms with van der Waals surface area (Å²) in [5.41, 5.74) is 2.75. The van der Waals surface area contributed by atoms with Crippen molar-refractivity contribution in [1.82, 2.24) is 4.98 Å². The highest BCUT2D eigenvalue weighted by molar-refractivity contribution is 6.05. The van der Waals surface area contributed by atoms with Crippen LogP contribution < -0.4 is 10.1 Å². The number of halogens is 1. The molecular weight excluding hydrogens is 359 g/mol. The smallest absolute Gasteiger partial charge is 0.255 e. The van der Waals surface area contributed by atoms with Gasteiger partial charge in [-0.05, 0) is 61.5 Å². The fraction of sp³-hybridized carbons (Fsp3) is 0.0909. The summed E-state index contributed by atoms with van der Waals surface area (Å²) in [6, 6.07) is 18.2. The molecule has 140 valence electrons. The van der Waals surface area contributed by atoms with Gasteiger partial charge in [0.15, 0.2) is 5.58 Å². The molecule has 28 heavy (non-hydrogen) atoms. The molecule has 3 aromatic carbocycles. The van der Waals surface area contributed by atoms with E-state index in [0.29, 0.717) is 46.2 Å². The number of oxazole rings is 1. The predicted octanol–water partition coefficient (Wildman–Crippen LogP) is 5.28. The minimum Gasteiger partial charge on any atom is -0.494 e. The highest BCUT2D eigenvalue weighted by atomic mass is 19.1. The van der Waals surface area contributed by atoms with Gasteiger partial charge in [-0.1, -0.05) is 12.1 Å². The Bertz CT molecular complexity index is 1150. The Morgan fingerprint density at radius 2 is 1.96 bits per heavy atom. The molecule has 0 saturated carbocycles. The van der Waals surface area contributed by atoms with Crippen LogP contribution in [0.3, 0.4) is 0 Å². The van der Waals surface area contributed by atoms with E-state index >= 15 is 0 Å². The fourth-order valence-electron chi connectivity index (χ4n) is 2.85. The highest BCUT2D eigenvalue weighted by Crippen LogP contribution is 2.27. The van der Waals surface area contributed by atoms with Crippen LogP contribution in [0.2, 0.25) is 0 Å². The van der Waals surface area contributed by atoms with E-state index in [0.717, 1.165) is 0 Å². The maximum Gasteiger partial charge on any atom is 0.255 e. The van der Waals surface area contributed by atoms with Crippen LogP contribution in [0.5, 0.6) is 5.75 Å². The van der Waals surface area contributed by atoms with E-state index < -0.39 is 0 Å². The number of nitrogens with one attached hydrogen (secondary N) is 1. The van der Waals surface area contributed by atoms with E-state index in [4.69, 9.17) is 9.15 Å². The summed E-state index contributed by atoms with van der Waals surface area (Å²) in [6.45, 7) is 2.42. The first-order chi connectivity index (χ1) is 13.6. The Hall–Kier alpha value is -3.67. The number of fused-ring (bicyclic) bond motifs is 1. The van der Waals surface area contributed by atoms with Gasteiger partial charge in [0.2, 0.25) is 5.89 Å². The Balaban J connectivity index is 1.58. The molecule has 0 atom stereocenters. The molecule has 0 bridgehead atoms. The van der Waals surface area contributed by atoms with E-state index in [9.17, 15) is 9.18 Å². The first-order valence-corrected chi connectivity index (χ1v) is 8.83. The lowest BCUT2D eigenvalue weighted by Crippen LogP contribution is -2.11. The van der Waals surface area contributed by atoms with Crippen molar-refractivity contribution in [2.75, 3.05) is 11.9 Å². The molecule has 0 fully saturated rings. The van der Waals surface area contributed by atoms with Crippen LogP contribution >= 0.6 is 0 Å². The summed E-state index contributed by atoms with van der Waals surface area (Å²) >= 11 is 0. The topological polar surface area (TPSA) is 64.4 Å².